The number of halogens is 1. The molecule has 0 spiro atoms. The van der Waals surface area contributed by atoms with Crippen molar-refractivity contribution in [2.24, 2.45) is 0 Å². The molecule has 21 heavy (non-hydrogen) atoms. The van der Waals surface area contributed by atoms with Gasteiger partial charge in [-0.1, -0.05) is 39.8 Å². The summed E-state index contributed by atoms with van der Waals surface area (Å²) >= 11 is 1.67. The lowest BCUT2D eigenvalue weighted by Crippen LogP contribution is -1.79. The first kappa shape index (κ1) is 15.2. The van der Waals surface area contributed by atoms with Crippen molar-refractivity contribution >= 4 is 53.0 Å². The van der Waals surface area contributed by atoms with E-state index in [1.54, 1.807) is 32.0 Å². The maximum atomic E-state index is 12.8. The zero-order valence-corrected chi connectivity index (χ0v) is 14.3. The van der Waals surface area contributed by atoms with Gasteiger partial charge in [-0.2, -0.15) is 0 Å². The molecule has 0 unspecified atom stereocenters. The average Bonchev–Trinajstić information content (AvgIpc) is 2.96. The number of nitrogens with zero attached hydrogens (tertiary/aromatic N) is 1. The van der Waals surface area contributed by atoms with Crippen molar-refractivity contribution in [2.45, 2.75) is 11.5 Å². The van der Waals surface area contributed by atoms with Crippen LogP contribution in [0.15, 0.2) is 48.0 Å². The molecule has 1 aromatic heterocycles. The van der Waals surface area contributed by atoms with Crippen molar-refractivity contribution in [1.29, 1.82) is 0 Å². The molecule has 1 heterocycles. The van der Waals surface area contributed by atoms with E-state index in [1.165, 1.54) is 22.4 Å². The maximum absolute atomic E-state index is 12.8. The normalized spacial score (nSPS) is 11.1. The molecular weight excluding hydrogens is 341 g/mol. The first-order chi connectivity index (χ1) is 10.3. The number of hydrogen-bond acceptors (Lipinski definition) is 5. The minimum atomic E-state index is -0.178. The molecule has 0 bridgehead atoms. The van der Waals surface area contributed by atoms with E-state index in [-0.39, 0.29) is 5.82 Å². The Morgan fingerprint density at radius 2 is 1.67 bits per heavy atom. The van der Waals surface area contributed by atoms with Crippen LogP contribution in [0.4, 0.5) is 4.39 Å². The van der Waals surface area contributed by atoms with E-state index in [0.29, 0.717) is 0 Å². The van der Waals surface area contributed by atoms with Gasteiger partial charge in [-0.05, 0) is 45.2 Å². The van der Waals surface area contributed by atoms with E-state index < -0.39 is 0 Å². The maximum Gasteiger partial charge on any atom is 0.123 e. The lowest BCUT2D eigenvalue weighted by atomic mass is 10.2. The summed E-state index contributed by atoms with van der Waals surface area (Å²) in [4.78, 5) is 4.34. The minimum Gasteiger partial charge on any atom is -0.245 e. The molecule has 0 fully saturated rings. The van der Waals surface area contributed by atoms with Crippen LogP contribution in [0.1, 0.15) is 11.1 Å². The fourth-order valence-electron chi connectivity index (χ4n) is 1.79. The van der Waals surface area contributed by atoms with Crippen molar-refractivity contribution in [2.75, 3.05) is 0 Å². The van der Waals surface area contributed by atoms with E-state index in [4.69, 9.17) is 0 Å². The van der Waals surface area contributed by atoms with E-state index in [1.807, 2.05) is 28.4 Å². The molecule has 3 aromatic rings. The fraction of sp³-hybridized carbons (Fsp3) is 0.133. The molecule has 0 radical (unpaired) electrons. The van der Waals surface area contributed by atoms with Gasteiger partial charge in [0.15, 0.2) is 0 Å². The third-order valence-corrected chi connectivity index (χ3v) is 7.78. The van der Waals surface area contributed by atoms with Gasteiger partial charge in [0, 0.05) is 11.5 Å². The van der Waals surface area contributed by atoms with Crippen molar-refractivity contribution < 1.29 is 4.39 Å². The SMILES string of the molecule is Fc1ccc(CSSSCc2ccc3scnc3c2)cc1. The van der Waals surface area contributed by atoms with Gasteiger partial charge in [0.05, 0.1) is 15.7 Å². The topological polar surface area (TPSA) is 12.9 Å². The molecule has 0 saturated carbocycles. The van der Waals surface area contributed by atoms with Gasteiger partial charge < -0.3 is 0 Å². The number of hydrogen-bond donors (Lipinski definition) is 0. The van der Waals surface area contributed by atoms with Gasteiger partial charge in [0.25, 0.3) is 0 Å². The fourth-order valence-corrected chi connectivity index (χ4v) is 6.05. The summed E-state index contributed by atoms with van der Waals surface area (Å²) in [7, 11) is 5.38. The highest BCUT2D eigenvalue weighted by Crippen LogP contribution is 2.39. The lowest BCUT2D eigenvalue weighted by Gasteiger charge is -2.02. The van der Waals surface area contributed by atoms with Crippen LogP contribution >= 0.6 is 42.8 Å². The van der Waals surface area contributed by atoms with Crippen molar-refractivity contribution in [3.8, 4) is 0 Å². The Kier molecular flexibility index (Phi) is 5.46. The summed E-state index contributed by atoms with van der Waals surface area (Å²) in [6.45, 7) is 0. The van der Waals surface area contributed by atoms with Crippen molar-refractivity contribution in [3.05, 3.63) is 64.9 Å². The standard InChI is InChI=1S/C15H12FNS4/c16-13-4-1-11(2-5-13)8-19-21-20-9-12-3-6-15-14(7-12)17-10-18-15/h1-7,10H,8-9H2. The predicted molar refractivity (Wildman–Crippen MR) is 96.2 cm³/mol. The van der Waals surface area contributed by atoms with Crippen LogP contribution in [-0.2, 0) is 11.5 Å². The van der Waals surface area contributed by atoms with Gasteiger partial charge in [0.2, 0.25) is 0 Å². The Bertz CT molecular complexity index is 711. The number of benzene rings is 2. The summed E-state index contributed by atoms with van der Waals surface area (Å²) in [5.41, 5.74) is 5.42. The quantitative estimate of drug-likeness (QED) is 0.388. The third kappa shape index (κ3) is 4.39. The molecule has 0 saturated heterocycles. The molecule has 1 nitrogen and oxygen atoms in total. The highest BCUT2D eigenvalue weighted by molar-refractivity contribution is 9.09. The Labute approximate surface area is 138 Å². The number of aromatic nitrogens is 1. The molecule has 0 atom stereocenters. The molecule has 0 amide bonds. The van der Waals surface area contributed by atoms with Gasteiger partial charge in [-0.25, -0.2) is 9.37 Å². The molecule has 2 aromatic carbocycles. The molecule has 0 aliphatic rings. The summed E-state index contributed by atoms with van der Waals surface area (Å²) in [6, 6.07) is 13.2. The molecule has 0 aliphatic carbocycles. The average molecular weight is 354 g/mol. The van der Waals surface area contributed by atoms with Gasteiger partial charge in [0.1, 0.15) is 5.82 Å². The monoisotopic (exact) mass is 353 g/mol. The Morgan fingerprint density at radius 3 is 2.48 bits per heavy atom. The van der Waals surface area contributed by atoms with Crippen molar-refractivity contribution in [3.63, 3.8) is 0 Å². The second-order valence-corrected chi connectivity index (χ2v) is 9.49. The Balaban J connectivity index is 1.42. The number of rotatable bonds is 6. The third-order valence-electron chi connectivity index (χ3n) is 2.86. The van der Waals surface area contributed by atoms with Crippen LogP contribution in [0.25, 0.3) is 10.2 Å². The van der Waals surface area contributed by atoms with Crippen LogP contribution < -0.4 is 0 Å². The zero-order valence-electron chi connectivity index (χ0n) is 11.0. The molecule has 3 rings (SSSR count). The predicted octanol–water partition coefficient (Wildman–Crippen LogP) is 6.17. The molecule has 0 aliphatic heterocycles. The first-order valence-electron chi connectivity index (χ1n) is 6.29. The van der Waals surface area contributed by atoms with Crippen molar-refractivity contribution in [1.82, 2.24) is 4.98 Å². The highest BCUT2D eigenvalue weighted by atomic mass is 33.5. The van der Waals surface area contributed by atoms with Gasteiger partial charge in [-0.3, -0.25) is 0 Å². The van der Waals surface area contributed by atoms with Crippen LogP contribution in [0, 0.1) is 5.82 Å². The van der Waals surface area contributed by atoms with Crippen LogP contribution in [-0.4, -0.2) is 4.98 Å². The van der Waals surface area contributed by atoms with Gasteiger partial charge >= 0.3 is 0 Å². The van der Waals surface area contributed by atoms with Gasteiger partial charge in [-0.15, -0.1) is 11.3 Å². The van der Waals surface area contributed by atoms with E-state index in [9.17, 15) is 4.39 Å². The Morgan fingerprint density at radius 1 is 0.952 bits per heavy atom. The smallest absolute Gasteiger partial charge is 0.123 e. The molecule has 0 N–H and O–H groups in total. The summed E-state index contributed by atoms with van der Waals surface area (Å²) in [5, 5.41) is 0. The van der Waals surface area contributed by atoms with E-state index >= 15 is 0 Å². The summed E-state index contributed by atoms with van der Waals surface area (Å²) in [6.07, 6.45) is 0. The first-order valence-corrected chi connectivity index (χ1v) is 11.0. The number of fused-ring (bicyclic) bond motifs is 1. The molecule has 108 valence electrons. The number of thiazole rings is 1. The second-order valence-electron chi connectivity index (χ2n) is 4.37. The summed E-state index contributed by atoms with van der Waals surface area (Å²) < 4.78 is 14.0. The second kappa shape index (κ2) is 7.54. The van der Waals surface area contributed by atoms with Crippen LogP contribution in [0.5, 0.6) is 0 Å². The Hall–Kier alpha value is -0.690. The van der Waals surface area contributed by atoms with E-state index in [2.05, 4.69) is 23.2 Å². The molecular formula is C15H12FNS4. The molecule has 6 heteroatoms. The van der Waals surface area contributed by atoms with E-state index in [0.717, 1.165) is 22.6 Å². The summed E-state index contributed by atoms with van der Waals surface area (Å²) in [5.74, 6) is 1.68. The minimum absolute atomic E-state index is 0.178. The largest absolute Gasteiger partial charge is 0.245 e. The lowest BCUT2D eigenvalue weighted by molar-refractivity contribution is 0.627. The highest BCUT2D eigenvalue weighted by Gasteiger charge is 2.01. The van der Waals surface area contributed by atoms with Crippen LogP contribution in [0.2, 0.25) is 0 Å². The zero-order chi connectivity index (χ0) is 14.5. The van der Waals surface area contributed by atoms with Crippen LogP contribution in [0.3, 0.4) is 0 Å².